The predicted molar refractivity (Wildman–Crippen MR) is 61.5 cm³/mol. The van der Waals surface area contributed by atoms with Crippen LogP contribution in [0.4, 0.5) is 5.69 Å². The summed E-state index contributed by atoms with van der Waals surface area (Å²) >= 11 is 0. The number of nitro benzene ring substituents is 1. The van der Waals surface area contributed by atoms with Gasteiger partial charge in [-0.3, -0.25) is 25.0 Å². The lowest BCUT2D eigenvalue weighted by Gasteiger charge is -2.08. The first-order valence-corrected chi connectivity index (χ1v) is 5.36. The lowest BCUT2D eigenvalue weighted by Crippen LogP contribution is -2.35. The Bertz CT molecular complexity index is 515. The average Bonchev–Trinajstić information content (AvgIpc) is 2.65. The molecule has 1 aliphatic heterocycles. The maximum Gasteiger partial charge on any atom is 0.269 e. The highest BCUT2D eigenvalue weighted by Gasteiger charge is 2.29. The molecule has 0 bridgehead atoms. The van der Waals surface area contributed by atoms with Gasteiger partial charge in [0.05, 0.1) is 17.4 Å². The van der Waals surface area contributed by atoms with Gasteiger partial charge in [0, 0.05) is 18.7 Å². The molecule has 18 heavy (non-hydrogen) atoms. The van der Waals surface area contributed by atoms with E-state index in [1.807, 2.05) is 0 Å². The van der Waals surface area contributed by atoms with E-state index in [0.29, 0.717) is 12.1 Å². The highest BCUT2D eigenvalue weighted by atomic mass is 16.6. The highest BCUT2D eigenvalue weighted by molar-refractivity contribution is 6.05. The van der Waals surface area contributed by atoms with E-state index in [2.05, 4.69) is 10.6 Å². The molecule has 0 aliphatic carbocycles. The number of carbonyl (C=O) groups excluding carboxylic acids is 2. The summed E-state index contributed by atoms with van der Waals surface area (Å²) in [6, 6.07) is 5.57. The minimum Gasteiger partial charge on any atom is -0.301 e. The first kappa shape index (κ1) is 12.2. The second-order valence-electron chi connectivity index (χ2n) is 3.98. The molecule has 1 heterocycles. The highest BCUT2D eigenvalue weighted by Crippen LogP contribution is 2.13. The maximum absolute atomic E-state index is 11.3. The van der Waals surface area contributed by atoms with Gasteiger partial charge in [0.2, 0.25) is 11.8 Å². The van der Waals surface area contributed by atoms with Gasteiger partial charge in [-0.1, -0.05) is 12.1 Å². The summed E-state index contributed by atoms with van der Waals surface area (Å²) in [5.74, 6) is -0.665. The third kappa shape index (κ3) is 2.69. The largest absolute Gasteiger partial charge is 0.301 e. The molecule has 1 aromatic rings. The van der Waals surface area contributed by atoms with E-state index in [1.165, 1.54) is 12.1 Å². The topological polar surface area (TPSA) is 101 Å². The van der Waals surface area contributed by atoms with Crippen LogP contribution in [0, 0.1) is 10.1 Å². The Morgan fingerprint density at radius 1 is 1.44 bits per heavy atom. The molecule has 7 heteroatoms. The minimum absolute atomic E-state index is 0.00116. The van der Waals surface area contributed by atoms with E-state index in [-0.39, 0.29) is 23.9 Å². The molecule has 1 saturated heterocycles. The van der Waals surface area contributed by atoms with Gasteiger partial charge >= 0.3 is 0 Å². The molecule has 1 atom stereocenters. The second kappa shape index (κ2) is 4.92. The number of carbonyl (C=O) groups is 2. The van der Waals surface area contributed by atoms with Crippen LogP contribution in [-0.2, 0) is 16.1 Å². The lowest BCUT2D eigenvalue weighted by molar-refractivity contribution is -0.384. The number of nitro groups is 1. The lowest BCUT2D eigenvalue weighted by atomic mass is 10.2. The van der Waals surface area contributed by atoms with Gasteiger partial charge in [0.1, 0.15) is 0 Å². The van der Waals surface area contributed by atoms with Gasteiger partial charge < -0.3 is 5.32 Å². The van der Waals surface area contributed by atoms with Crippen LogP contribution in [0.5, 0.6) is 0 Å². The van der Waals surface area contributed by atoms with Gasteiger partial charge in [0.15, 0.2) is 0 Å². The molecule has 1 unspecified atom stereocenters. The average molecular weight is 249 g/mol. The molecular formula is C11H11N3O4. The van der Waals surface area contributed by atoms with Crippen molar-refractivity contribution in [3.63, 3.8) is 0 Å². The fourth-order valence-electron chi connectivity index (χ4n) is 1.74. The normalized spacial score (nSPS) is 18.8. The fourth-order valence-corrected chi connectivity index (χ4v) is 1.74. The second-order valence-corrected chi connectivity index (χ2v) is 3.98. The van der Waals surface area contributed by atoms with Crippen LogP contribution in [0.1, 0.15) is 12.0 Å². The van der Waals surface area contributed by atoms with E-state index < -0.39 is 11.0 Å². The number of amides is 2. The third-order valence-electron chi connectivity index (χ3n) is 2.64. The molecule has 2 amide bonds. The summed E-state index contributed by atoms with van der Waals surface area (Å²) in [7, 11) is 0. The summed E-state index contributed by atoms with van der Waals surface area (Å²) in [4.78, 5) is 32.3. The number of imide groups is 1. The number of nitrogens with zero attached hydrogens (tertiary/aromatic N) is 1. The number of rotatable bonds is 4. The molecule has 94 valence electrons. The van der Waals surface area contributed by atoms with Crippen molar-refractivity contribution >= 4 is 17.5 Å². The number of non-ortho nitro benzene ring substituents is 1. The summed E-state index contributed by atoms with van der Waals surface area (Å²) in [5.41, 5.74) is 0.692. The predicted octanol–water partition coefficient (Wildman–Crippen LogP) is 0.0995. The zero-order chi connectivity index (χ0) is 13.1. The quantitative estimate of drug-likeness (QED) is 0.447. The van der Waals surface area contributed by atoms with Crippen molar-refractivity contribution < 1.29 is 14.5 Å². The van der Waals surface area contributed by atoms with Crippen molar-refractivity contribution in [3.8, 4) is 0 Å². The van der Waals surface area contributed by atoms with Gasteiger partial charge in [-0.2, -0.15) is 0 Å². The Morgan fingerprint density at radius 3 is 2.83 bits per heavy atom. The van der Waals surface area contributed by atoms with E-state index in [4.69, 9.17) is 0 Å². The first-order valence-electron chi connectivity index (χ1n) is 5.36. The molecule has 1 aliphatic rings. The summed E-state index contributed by atoms with van der Waals surface area (Å²) in [6.45, 7) is 0.299. The van der Waals surface area contributed by atoms with Crippen molar-refractivity contribution in [1.82, 2.24) is 10.6 Å². The van der Waals surface area contributed by atoms with Crippen LogP contribution >= 0.6 is 0 Å². The number of benzene rings is 1. The molecule has 0 radical (unpaired) electrons. The molecule has 1 aromatic carbocycles. The van der Waals surface area contributed by atoms with E-state index in [9.17, 15) is 19.7 Å². The van der Waals surface area contributed by atoms with Gasteiger partial charge in [-0.15, -0.1) is 0 Å². The smallest absolute Gasteiger partial charge is 0.269 e. The minimum atomic E-state index is -0.559. The molecular weight excluding hydrogens is 238 g/mol. The summed E-state index contributed by atoms with van der Waals surface area (Å²) in [6.07, 6.45) is 0.105. The van der Waals surface area contributed by atoms with Crippen molar-refractivity contribution in [2.75, 3.05) is 0 Å². The van der Waals surface area contributed by atoms with E-state index in [1.54, 1.807) is 12.1 Å². The van der Waals surface area contributed by atoms with E-state index >= 15 is 0 Å². The number of hydrogen-bond donors (Lipinski definition) is 2. The molecule has 2 rings (SSSR count). The molecule has 0 saturated carbocycles. The van der Waals surface area contributed by atoms with Gasteiger partial charge in [0.25, 0.3) is 5.69 Å². The number of nitrogens with one attached hydrogen (secondary N) is 2. The van der Waals surface area contributed by atoms with Crippen LogP contribution in [0.2, 0.25) is 0 Å². The molecule has 1 fully saturated rings. The third-order valence-corrected chi connectivity index (χ3v) is 2.64. The van der Waals surface area contributed by atoms with Crippen LogP contribution in [0.15, 0.2) is 24.3 Å². The fraction of sp³-hybridized carbons (Fsp3) is 0.273. The SMILES string of the molecule is O=C1CC(NCc2cccc([N+](=O)[O-])c2)C(=O)N1. The first-order chi connectivity index (χ1) is 8.56. The number of hydrogen-bond acceptors (Lipinski definition) is 5. The van der Waals surface area contributed by atoms with Crippen LogP contribution in [-0.4, -0.2) is 22.8 Å². The molecule has 0 aromatic heterocycles. The summed E-state index contributed by atoms with van der Waals surface area (Å²) in [5, 5.41) is 15.7. The Morgan fingerprint density at radius 2 is 2.22 bits per heavy atom. The van der Waals surface area contributed by atoms with Crippen LogP contribution < -0.4 is 10.6 Å². The Hall–Kier alpha value is -2.28. The molecule has 7 nitrogen and oxygen atoms in total. The van der Waals surface area contributed by atoms with Crippen molar-refractivity contribution in [2.24, 2.45) is 0 Å². The monoisotopic (exact) mass is 249 g/mol. The van der Waals surface area contributed by atoms with Gasteiger partial charge in [-0.25, -0.2) is 0 Å². The standard InChI is InChI=1S/C11H11N3O4/c15-10-5-9(11(16)13-10)12-6-7-2-1-3-8(4-7)14(17)18/h1-4,9,12H,5-6H2,(H,13,15,16). The zero-order valence-corrected chi connectivity index (χ0v) is 9.38. The van der Waals surface area contributed by atoms with Crippen molar-refractivity contribution in [2.45, 2.75) is 19.0 Å². The zero-order valence-electron chi connectivity index (χ0n) is 9.38. The Kier molecular flexibility index (Phi) is 3.33. The van der Waals surface area contributed by atoms with E-state index in [0.717, 1.165) is 0 Å². The van der Waals surface area contributed by atoms with Crippen LogP contribution in [0.25, 0.3) is 0 Å². The van der Waals surface area contributed by atoms with Gasteiger partial charge in [-0.05, 0) is 5.56 Å². The van der Waals surface area contributed by atoms with Crippen molar-refractivity contribution in [1.29, 1.82) is 0 Å². The Balaban J connectivity index is 1.98. The van der Waals surface area contributed by atoms with Crippen molar-refractivity contribution in [3.05, 3.63) is 39.9 Å². The summed E-state index contributed by atoms with van der Waals surface area (Å²) < 4.78 is 0. The Labute approximate surface area is 102 Å². The molecule has 0 spiro atoms. The maximum atomic E-state index is 11.3. The molecule has 2 N–H and O–H groups in total. The van der Waals surface area contributed by atoms with Crippen LogP contribution in [0.3, 0.4) is 0 Å².